The van der Waals surface area contributed by atoms with E-state index in [2.05, 4.69) is 370 Å². The Labute approximate surface area is 572 Å². The van der Waals surface area contributed by atoms with E-state index in [9.17, 15) is 0 Å². The van der Waals surface area contributed by atoms with Crippen molar-refractivity contribution in [2.24, 2.45) is 0 Å². The zero-order valence-electron chi connectivity index (χ0n) is 57.8. The summed E-state index contributed by atoms with van der Waals surface area (Å²) in [5.41, 5.74) is 35.1. The van der Waals surface area contributed by atoms with Crippen LogP contribution >= 0.6 is 11.8 Å². The van der Waals surface area contributed by atoms with Gasteiger partial charge in [-0.2, -0.15) is 11.8 Å². The molecule has 0 radical (unpaired) electrons. The number of thioether (sulfide) groups is 1. The fraction of sp³-hybridized carbons (Fsp3) is 0.200. The Morgan fingerprint density at radius 2 is 0.368 bits per heavy atom. The minimum Gasteiger partial charge on any atom is -0.310 e. The zero-order chi connectivity index (χ0) is 66.5. The van der Waals surface area contributed by atoms with Crippen molar-refractivity contribution in [3.8, 4) is 0 Å². The van der Waals surface area contributed by atoms with E-state index in [0.717, 1.165) is 37.2 Å². The van der Waals surface area contributed by atoms with Crippen molar-refractivity contribution in [1.29, 1.82) is 0 Å². The summed E-state index contributed by atoms with van der Waals surface area (Å²) in [5, 5.41) is 0. The molecule has 12 aromatic rings. The molecule has 0 N–H and O–H groups in total. The third kappa shape index (κ3) is 16.9. The van der Waals surface area contributed by atoms with Crippen molar-refractivity contribution in [1.82, 2.24) is 0 Å². The van der Waals surface area contributed by atoms with Crippen LogP contribution < -0.4 is 19.6 Å². The third-order valence-corrected chi connectivity index (χ3v) is 19.7. The molecule has 5 heteroatoms. The summed E-state index contributed by atoms with van der Waals surface area (Å²) in [6.07, 6.45) is 4.50. The van der Waals surface area contributed by atoms with Crippen LogP contribution in [0.2, 0.25) is 0 Å². The number of benzene rings is 12. The van der Waals surface area contributed by atoms with Crippen LogP contribution in [0.5, 0.6) is 0 Å². The lowest BCUT2D eigenvalue weighted by molar-refractivity contribution is 0.734. The van der Waals surface area contributed by atoms with Gasteiger partial charge in [-0.05, 0) is 321 Å². The molecular weight excluding hydrogens is 1170 g/mol. The average molecular weight is 1260 g/mol. The molecule has 0 bridgehead atoms. The lowest BCUT2D eigenvalue weighted by Crippen LogP contribution is -2.10. The average Bonchev–Trinajstić information content (AvgIpc) is 0.845. The van der Waals surface area contributed by atoms with Crippen LogP contribution in [0.15, 0.2) is 267 Å². The first-order valence-electron chi connectivity index (χ1n) is 33.7. The van der Waals surface area contributed by atoms with Gasteiger partial charge in [0.05, 0.1) is 0 Å². The van der Waals surface area contributed by atoms with E-state index in [4.69, 9.17) is 0 Å². The van der Waals surface area contributed by atoms with Gasteiger partial charge < -0.3 is 19.6 Å². The molecule has 0 unspecified atom stereocenters. The monoisotopic (exact) mass is 1260 g/mol. The highest BCUT2D eigenvalue weighted by atomic mass is 32.2. The van der Waals surface area contributed by atoms with Gasteiger partial charge in [0.1, 0.15) is 0 Å². The second kappa shape index (κ2) is 31.0. The van der Waals surface area contributed by atoms with E-state index in [-0.39, 0.29) is 0 Å². The van der Waals surface area contributed by atoms with E-state index >= 15 is 0 Å². The fourth-order valence-corrected chi connectivity index (χ4v) is 13.0. The summed E-state index contributed by atoms with van der Waals surface area (Å²) in [6, 6.07) is 98.6. The Bertz CT molecular complexity index is 4190. The molecule has 0 saturated carbocycles. The molecule has 0 atom stereocenters. The third-order valence-electron chi connectivity index (χ3n) is 18.7. The molecule has 12 rings (SSSR count). The second-order valence-electron chi connectivity index (χ2n) is 26.1. The van der Waals surface area contributed by atoms with Gasteiger partial charge in [0.2, 0.25) is 0 Å². The van der Waals surface area contributed by atoms with Gasteiger partial charge in [-0.3, -0.25) is 0 Å². The Balaban J connectivity index is 0.000000193. The van der Waals surface area contributed by atoms with Gasteiger partial charge in [-0.1, -0.05) is 144 Å². The SMILES string of the molecule is Cc1ccc(N(c2ccc(CCCCc3ccc(N(c4ccc(C)cc4)c4ccc(C)c(C)c4)cc3)cc2)c2ccc(C)c(C)c2)cc1.Cc1ccc(N(c2ccc(CSCc3ccc(N(c4ccc(C)cc4)c4ccc(C)c(C)c4)cc3)cc2)c2ccc(C)c(C)c2)cc1. The summed E-state index contributed by atoms with van der Waals surface area (Å²) in [5.74, 6) is 1.93. The number of rotatable bonds is 21. The minimum atomic E-state index is 0.967. The molecule has 4 nitrogen and oxygen atoms in total. The summed E-state index contributed by atoms with van der Waals surface area (Å²) >= 11 is 1.96. The maximum Gasteiger partial charge on any atom is 0.0464 e. The van der Waals surface area contributed by atoms with Crippen molar-refractivity contribution < 1.29 is 0 Å². The van der Waals surface area contributed by atoms with Gasteiger partial charge in [-0.15, -0.1) is 0 Å². The smallest absolute Gasteiger partial charge is 0.0464 e. The molecule has 0 aromatic heterocycles. The molecular formula is C90H92N4S. The van der Waals surface area contributed by atoms with E-state index in [0.29, 0.717) is 0 Å². The van der Waals surface area contributed by atoms with Crippen molar-refractivity contribution in [3.05, 3.63) is 356 Å². The fourth-order valence-electron chi connectivity index (χ4n) is 12.1. The topological polar surface area (TPSA) is 13.0 Å². The number of anilines is 12. The predicted molar refractivity (Wildman–Crippen MR) is 413 cm³/mol. The Morgan fingerprint density at radius 1 is 0.189 bits per heavy atom. The highest BCUT2D eigenvalue weighted by Crippen LogP contribution is 2.41. The molecule has 0 fully saturated rings. The number of hydrogen-bond donors (Lipinski definition) is 0. The molecule has 0 aliphatic rings. The Kier molecular flexibility index (Phi) is 21.7. The second-order valence-corrected chi connectivity index (χ2v) is 27.1. The van der Waals surface area contributed by atoms with E-state index < -0.39 is 0 Å². The summed E-state index contributed by atoms with van der Waals surface area (Å²) in [6.45, 7) is 26.0. The standard InChI is InChI=1S/C46H48N2.C44H44N2S/c1-33-11-21-41(22-12-33)47(45-25-15-35(3)37(5)31-45)43-27-17-39(18-28-43)9-7-8-10-40-19-29-44(30-20-40)48(42-23-13-34(2)14-24-42)46-26-16-36(4)38(6)32-46;1-31-7-17-39(18-8-31)45(43-21-11-33(3)35(5)27-43)41-23-13-37(14-24-41)29-47-30-38-15-25-42(26-16-38)46(40-19-9-32(2)10-20-40)44-22-12-34(4)36(6)28-44/h11-32H,7-10H2,1-6H3;7-28H,29-30H2,1-6H3. The molecule has 0 heterocycles. The van der Waals surface area contributed by atoms with Crippen LogP contribution in [0.1, 0.15) is 102 Å². The molecule has 0 aliphatic carbocycles. The van der Waals surface area contributed by atoms with Gasteiger partial charge in [0.25, 0.3) is 0 Å². The van der Waals surface area contributed by atoms with Crippen LogP contribution in [0.25, 0.3) is 0 Å². The Hall–Kier alpha value is -9.81. The first-order valence-corrected chi connectivity index (χ1v) is 34.9. The Morgan fingerprint density at radius 3 is 0.568 bits per heavy atom. The summed E-state index contributed by atoms with van der Waals surface area (Å²) < 4.78 is 0. The summed E-state index contributed by atoms with van der Waals surface area (Å²) in [4.78, 5) is 9.42. The van der Waals surface area contributed by atoms with Crippen LogP contribution in [0, 0.1) is 83.1 Å². The highest BCUT2D eigenvalue weighted by molar-refractivity contribution is 7.97. The summed E-state index contributed by atoms with van der Waals surface area (Å²) in [7, 11) is 0. The van der Waals surface area contributed by atoms with Crippen LogP contribution in [-0.2, 0) is 24.3 Å². The van der Waals surface area contributed by atoms with Gasteiger partial charge in [0, 0.05) is 79.8 Å². The highest BCUT2D eigenvalue weighted by Gasteiger charge is 2.18. The maximum absolute atomic E-state index is 2.36. The molecule has 0 aliphatic heterocycles. The molecule has 478 valence electrons. The minimum absolute atomic E-state index is 0.967. The lowest BCUT2D eigenvalue weighted by Gasteiger charge is -2.26. The quantitative estimate of drug-likeness (QED) is 0.0663. The molecule has 95 heavy (non-hydrogen) atoms. The normalized spacial score (nSPS) is 11.0. The number of unbranched alkanes of at least 4 members (excludes halogenated alkanes) is 1. The van der Waals surface area contributed by atoms with Crippen LogP contribution in [0.4, 0.5) is 68.2 Å². The van der Waals surface area contributed by atoms with Gasteiger partial charge in [-0.25, -0.2) is 0 Å². The molecule has 12 aromatic carbocycles. The van der Waals surface area contributed by atoms with E-state index in [1.165, 1.54) is 157 Å². The first-order chi connectivity index (χ1) is 46.0. The van der Waals surface area contributed by atoms with Crippen molar-refractivity contribution in [2.75, 3.05) is 19.6 Å². The van der Waals surface area contributed by atoms with Crippen LogP contribution in [-0.4, -0.2) is 0 Å². The molecule has 0 spiro atoms. The van der Waals surface area contributed by atoms with Crippen molar-refractivity contribution in [3.63, 3.8) is 0 Å². The molecule has 0 amide bonds. The zero-order valence-corrected chi connectivity index (χ0v) is 58.7. The number of nitrogens with zero attached hydrogens (tertiary/aromatic N) is 4. The van der Waals surface area contributed by atoms with Gasteiger partial charge in [0.15, 0.2) is 0 Å². The lowest BCUT2D eigenvalue weighted by atomic mass is 10.0. The maximum atomic E-state index is 2.36. The van der Waals surface area contributed by atoms with Crippen LogP contribution in [0.3, 0.4) is 0 Å². The van der Waals surface area contributed by atoms with E-state index in [1.54, 1.807) is 0 Å². The first kappa shape index (κ1) is 66.6. The van der Waals surface area contributed by atoms with E-state index in [1.807, 2.05) is 11.8 Å². The predicted octanol–water partition coefficient (Wildman–Crippen LogP) is 26.0. The number of aryl methyl sites for hydroxylation is 14. The van der Waals surface area contributed by atoms with Crippen molar-refractivity contribution >= 4 is 80.0 Å². The molecule has 0 saturated heterocycles. The van der Waals surface area contributed by atoms with Crippen molar-refractivity contribution in [2.45, 2.75) is 120 Å². The van der Waals surface area contributed by atoms with Gasteiger partial charge >= 0.3 is 0 Å². The number of hydrogen-bond acceptors (Lipinski definition) is 5. The largest absolute Gasteiger partial charge is 0.310 e.